The summed E-state index contributed by atoms with van der Waals surface area (Å²) in [6.07, 6.45) is 6.44. The lowest BCUT2D eigenvalue weighted by molar-refractivity contribution is -0.117. The number of benzene rings is 2. The van der Waals surface area contributed by atoms with Crippen molar-refractivity contribution in [1.29, 1.82) is 0 Å². The first-order valence-corrected chi connectivity index (χ1v) is 11.4. The normalized spacial score (nSPS) is 12.8. The van der Waals surface area contributed by atoms with Gasteiger partial charge in [0.1, 0.15) is 11.6 Å². The summed E-state index contributed by atoms with van der Waals surface area (Å²) in [5, 5.41) is 7.93. The minimum absolute atomic E-state index is 0.161. The molecule has 1 aliphatic carbocycles. The van der Waals surface area contributed by atoms with Crippen molar-refractivity contribution in [2.75, 3.05) is 5.32 Å². The summed E-state index contributed by atoms with van der Waals surface area (Å²) in [4.78, 5) is 30.9. The number of fused-ring (bicyclic) bond motifs is 2. The molecule has 0 saturated heterocycles. The van der Waals surface area contributed by atoms with Crippen LogP contribution in [0.2, 0.25) is 0 Å². The molecule has 0 fully saturated rings. The van der Waals surface area contributed by atoms with E-state index in [1.807, 2.05) is 31.2 Å². The van der Waals surface area contributed by atoms with Crippen LogP contribution in [0.3, 0.4) is 0 Å². The Labute approximate surface area is 189 Å². The van der Waals surface area contributed by atoms with Gasteiger partial charge in [-0.05, 0) is 68.0 Å². The van der Waals surface area contributed by atoms with Gasteiger partial charge >= 0.3 is 5.69 Å². The Hall–Kier alpha value is -3.39. The summed E-state index contributed by atoms with van der Waals surface area (Å²) in [6.45, 7) is 3.93. The molecule has 0 spiro atoms. The highest BCUT2D eigenvalue weighted by molar-refractivity contribution is 7.99. The fraction of sp³-hybridized carbons (Fsp3) is 0.250. The number of nitrogens with zero attached hydrogens (tertiary/aromatic N) is 4. The number of anilines is 1. The van der Waals surface area contributed by atoms with Crippen molar-refractivity contribution in [3.05, 3.63) is 81.5 Å². The third-order valence-corrected chi connectivity index (χ3v) is 6.84. The Balaban J connectivity index is 1.39. The van der Waals surface area contributed by atoms with E-state index in [4.69, 9.17) is 0 Å². The highest BCUT2D eigenvalue weighted by Gasteiger charge is 2.17. The molecule has 0 unspecified atom stereocenters. The van der Waals surface area contributed by atoms with Crippen molar-refractivity contribution in [2.24, 2.45) is 0 Å². The molecule has 0 bridgehead atoms. The second kappa shape index (κ2) is 8.27. The summed E-state index contributed by atoms with van der Waals surface area (Å²) in [6, 6.07) is 12.2. The fourth-order valence-corrected chi connectivity index (χ4v) is 5.01. The standard InChI is InChI=1S/C24H23N5O2S/c1-15-6-9-20(16(2)12-15)32-23-22-27-29(24(31)28(22)11-10-25-23)14-21(30)26-19-8-7-17-4-3-5-18(17)13-19/h6-13H,3-5,14H2,1-2H3,(H,26,30). The molecular weight excluding hydrogens is 422 g/mol. The van der Waals surface area contributed by atoms with E-state index in [-0.39, 0.29) is 18.1 Å². The fourth-order valence-electron chi connectivity index (χ4n) is 4.10. The van der Waals surface area contributed by atoms with Crippen LogP contribution in [-0.4, -0.2) is 25.1 Å². The van der Waals surface area contributed by atoms with Crippen LogP contribution in [0.15, 0.2) is 63.5 Å². The van der Waals surface area contributed by atoms with Crippen LogP contribution in [0.4, 0.5) is 5.69 Å². The molecule has 2 aromatic carbocycles. The number of aromatic nitrogens is 4. The van der Waals surface area contributed by atoms with Crippen molar-refractivity contribution in [1.82, 2.24) is 19.2 Å². The number of hydrogen-bond acceptors (Lipinski definition) is 5. The lowest BCUT2D eigenvalue weighted by Gasteiger charge is -2.07. The molecule has 5 rings (SSSR count). The second-order valence-corrected chi connectivity index (χ2v) is 9.15. The van der Waals surface area contributed by atoms with Crippen molar-refractivity contribution in [2.45, 2.75) is 49.6 Å². The third-order valence-electron chi connectivity index (χ3n) is 5.68. The zero-order valence-corrected chi connectivity index (χ0v) is 18.8. The lowest BCUT2D eigenvalue weighted by atomic mass is 10.1. The molecule has 2 aromatic heterocycles. The average Bonchev–Trinajstić information content (AvgIpc) is 3.35. The van der Waals surface area contributed by atoms with Gasteiger partial charge < -0.3 is 5.32 Å². The minimum atomic E-state index is -0.367. The van der Waals surface area contributed by atoms with Gasteiger partial charge in [-0.2, -0.15) is 0 Å². The first kappa shape index (κ1) is 20.5. The molecule has 0 aliphatic heterocycles. The summed E-state index contributed by atoms with van der Waals surface area (Å²) >= 11 is 1.46. The van der Waals surface area contributed by atoms with Crippen molar-refractivity contribution < 1.29 is 4.79 Å². The summed E-state index contributed by atoms with van der Waals surface area (Å²) < 4.78 is 2.62. The maximum atomic E-state index is 12.8. The third kappa shape index (κ3) is 3.93. The van der Waals surface area contributed by atoms with E-state index < -0.39 is 0 Å². The van der Waals surface area contributed by atoms with E-state index in [2.05, 4.69) is 34.5 Å². The highest BCUT2D eigenvalue weighted by Crippen LogP contribution is 2.31. The molecule has 162 valence electrons. The molecule has 0 radical (unpaired) electrons. The Kier molecular flexibility index (Phi) is 5.30. The minimum Gasteiger partial charge on any atom is -0.324 e. The number of rotatable bonds is 5. The van der Waals surface area contributed by atoms with Crippen molar-refractivity contribution in [3.8, 4) is 0 Å². The molecule has 32 heavy (non-hydrogen) atoms. The van der Waals surface area contributed by atoms with Gasteiger partial charge in [0.25, 0.3) is 0 Å². The first-order chi connectivity index (χ1) is 15.5. The van der Waals surface area contributed by atoms with Gasteiger partial charge in [0.2, 0.25) is 5.91 Å². The molecule has 1 aliphatic rings. The van der Waals surface area contributed by atoms with Gasteiger partial charge in [0, 0.05) is 23.0 Å². The molecule has 0 saturated carbocycles. The number of aryl methyl sites for hydroxylation is 4. The molecule has 8 heteroatoms. The number of amides is 1. The zero-order chi connectivity index (χ0) is 22.2. The second-order valence-electron chi connectivity index (χ2n) is 8.12. The van der Waals surface area contributed by atoms with Gasteiger partial charge in [0.05, 0.1) is 0 Å². The highest BCUT2D eigenvalue weighted by atomic mass is 32.2. The van der Waals surface area contributed by atoms with Gasteiger partial charge in [-0.3, -0.25) is 4.79 Å². The first-order valence-electron chi connectivity index (χ1n) is 10.6. The summed E-state index contributed by atoms with van der Waals surface area (Å²) in [7, 11) is 0. The lowest BCUT2D eigenvalue weighted by Crippen LogP contribution is -2.28. The SMILES string of the molecule is Cc1ccc(Sc2nccn3c(=O)n(CC(=O)Nc4ccc5c(c4)CCC5)nc23)c(C)c1. The average molecular weight is 446 g/mol. The Morgan fingerprint density at radius 2 is 1.97 bits per heavy atom. The number of carbonyl (C=O) groups excluding carboxylic acids is 1. The van der Waals surface area contributed by atoms with Crippen molar-refractivity contribution >= 4 is 29.0 Å². The molecule has 4 aromatic rings. The van der Waals surface area contributed by atoms with Crippen LogP contribution in [0.1, 0.15) is 28.7 Å². The van der Waals surface area contributed by atoms with Crippen LogP contribution in [0.5, 0.6) is 0 Å². The molecule has 2 heterocycles. The van der Waals surface area contributed by atoms with Gasteiger partial charge in [0.15, 0.2) is 5.65 Å². The monoisotopic (exact) mass is 445 g/mol. The van der Waals surface area contributed by atoms with Gasteiger partial charge in [-0.1, -0.05) is 35.5 Å². The van der Waals surface area contributed by atoms with Crippen LogP contribution in [0, 0.1) is 13.8 Å². The van der Waals surface area contributed by atoms with E-state index in [0.29, 0.717) is 10.7 Å². The number of nitrogens with one attached hydrogen (secondary N) is 1. The van der Waals surface area contributed by atoms with E-state index in [1.165, 1.54) is 37.5 Å². The topological polar surface area (TPSA) is 81.3 Å². The van der Waals surface area contributed by atoms with Crippen LogP contribution < -0.4 is 11.0 Å². The molecule has 1 N–H and O–H groups in total. The Bertz CT molecular complexity index is 1410. The summed E-state index contributed by atoms with van der Waals surface area (Å²) in [5.74, 6) is -0.287. The zero-order valence-electron chi connectivity index (χ0n) is 18.0. The molecule has 1 amide bonds. The van der Waals surface area contributed by atoms with Crippen LogP contribution >= 0.6 is 11.8 Å². The van der Waals surface area contributed by atoms with Crippen molar-refractivity contribution in [3.63, 3.8) is 0 Å². The number of hydrogen-bond donors (Lipinski definition) is 1. The predicted molar refractivity (Wildman–Crippen MR) is 124 cm³/mol. The van der Waals surface area contributed by atoms with Gasteiger partial charge in [-0.25, -0.2) is 18.9 Å². The van der Waals surface area contributed by atoms with E-state index in [9.17, 15) is 9.59 Å². The van der Waals surface area contributed by atoms with E-state index in [1.54, 1.807) is 12.4 Å². The van der Waals surface area contributed by atoms with E-state index >= 15 is 0 Å². The largest absolute Gasteiger partial charge is 0.350 e. The summed E-state index contributed by atoms with van der Waals surface area (Å²) in [5.41, 5.74) is 5.77. The Morgan fingerprint density at radius 3 is 2.81 bits per heavy atom. The number of carbonyl (C=O) groups is 1. The van der Waals surface area contributed by atoms with E-state index in [0.717, 1.165) is 35.4 Å². The quantitative estimate of drug-likeness (QED) is 0.506. The molecule has 7 nitrogen and oxygen atoms in total. The van der Waals surface area contributed by atoms with Gasteiger partial charge in [-0.15, -0.1) is 5.10 Å². The molecule has 0 atom stereocenters. The van der Waals surface area contributed by atoms with Crippen LogP contribution in [0.25, 0.3) is 5.65 Å². The smallest absolute Gasteiger partial charge is 0.324 e. The maximum absolute atomic E-state index is 12.8. The predicted octanol–water partition coefficient (Wildman–Crippen LogP) is 3.79. The van der Waals surface area contributed by atoms with Crippen LogP contribution in [-0.2, 0) is 24.2 Å². The Morgan fingerprint density at radius 1 is 1.12 bits per heavy atom. The molecular formula is C24H23N5O2S. The maximum Gasteiger partial charge on any atom is 0.350 e.